The van der Waals surface area contributed by atoms with Crippen LogP contribution in [0, 0.1) is 5.92 Å². The van der Waals surface area contributed by atoms with Crippen molar-refractivity contribution in [2.75, 3.05) is 17.1 Å². The second-order valence-electron chi connectivity index (χ2n) is 7.48. The van der Waals surface area contributed by atoms with E-state index in [1.165, 1.54) is 43.5 Å². The molecule has 11 heteroatoms. The van der Waals surface area contributed by atoms with Gasteiger partial charge in [-0.25, -0.2) is 8.42 Å². The highest BCUT2D eigenvalue weighted by atomic mass is 32.2. The zero-order chi connectivity index (χ0) is 24.1. The van der Waals surface area contributed by atoms with Gasteiger partial charge in [0.1, 0.15) is 11.9 Å². The fourth-order valence-corrected chi connectivity index (χ4v) is 4.00. The van der Waals surface area contributed by atoms with Gasteiger partial charge in [0.15, 0.2) is 0 Å². The van der Waals surface area contributed by atoms with Crippen molar-refractivity contribution in [3.05, 3.63) is 48.0 Å². The average Bonchev–Trinajstić information content (AvgIpc) is 2.66. The maximum absolute atomic E-state index is 13.1. The molecule has 0 aliphatic heterocycles. The minimum atomic E-state index is -4.14. The molecule has 0 saturated carbocycles. The number of alkyl halides is 2. The normalized spacial score (nSPS) is 13.0. The zero-order valence-corrected chi connectivity index (χ0v) is 18.9. The number of hydrogen-bond donors (Lipinski definition) is 3. The number of carbonyl (C=O) groups is 1. The number of hydrogen-bond acceptors (Lipinski definition) is 6. The summed E-state index contributed by atoms with van der Waals surface area (Å²) in [7, 11) is -2.76. The van der Waals surface area contributed by atoms with Crippen molar-refractivity contribution in [2.24, 2.45) is 5.92 Å². The number of aliphatic hydroxyl groups excluding tert-OH is 1. The molecule has 0 aliphatic rings. The summed E-state index contributed by atoms with van der Waals surface area (Å²) in [5.41, 5.74) is 0.540. The highest BCUT2D eigenvalue weighted by molar-refractivity contribution is 7.92. The number of methoxy groups -OCH3 is 1. The molecule has 32 heavy (non-hydrogen) atoms. The minimum absolute atomic E-state index is 0.0209. The Morgan fingerprint density at radius 1 is 1.16 bits per heavy atom. The quantitative estimate of drug-likeness (QED) is 0.487. The predicted octanol–water partition coefficient (Wildman–Crippen LogP) is 3.58. The first-order valence-corrected chi connectivity index (χ1v) is 11.1. The smallest absolute Gasteiger partial charge is 0.394 e. The van der Waals surface area contributed by atoms with E-state index in [4.69, 9.17) is 4.74 Å². The SMILES string of the molecule is COCc1cc(NC(=O)[C@@H](O)C(C)C)ccc1S(=O)(=O)Nc1cccc(OC(C)(F)F)c1. The molecule has 0 bridgehead atoms. The summed E-state index contributed by atoms with van der Waals surface area (Å²) < 4.78 is 63.9. The van der Waals surface area contributed by atoms with Crippen LogP contribution in [0.2, 0.25) is 0 Å². The molecule has 0 fully saturated rings. The Kier molecular flexibility index (Phi) is 8.16. The van der Waals surface area contributed by atoms with Gasteiger partial charge >= 0.3 is 6.11 Å². The van der Waals surface area contributed by atoms with E-state index in [0.29, 0.717) is 6.92 Å². The molecule has 0 aliphatic carbocycles. The first-order valence-electron chi connectivity index (χ1n) is 9.63. The van der Waals surface area contributed by atoms with E-state index < -0.39 is 28.1 Å². The van der Waals surface area contributed by atoms with E-state index in [9.17, 15) is 27.1 Å². The third-order valence-corrected chi connectivity index (χ3v) is 5.68. The summed E-state index contributed by atoms with van der Waals surface area (Å²) in [4.78, 5) is 12.0. The number of nitrogens with one attached hydrogen (secondary N) is 2. The van der Waals surface area contributed by atoms with Crippen LogP contribution in [-0.4, -0.2) is 38.8 Å². The zero-order valence-electron chi connectivity index (χ0n) is 18.1. The van der Waals surface area contributed by atoms with Crippen molar-refractivity contribution >= 4 is 27.3 Å². The molecule has 0 unspecified atom stereocenters. The van der Waals surface area contributed by atoms with E-state index >= 15 is 0 Å². The molecule has 2 rings (SSSR count). The van der Waals surface area contributed by atoms with Crippen LogP contribution >= 0.6 is 0 Å². The molecular formula is C21H26F2N2O6S. The Labute approximate surface area is 185 Å². The van der Waals surface area contributed by atoms with Crippen LogP contribution in [0.5, 0.6) is 5.75 Å². The van der Waals surface area contributed by atoms with Crippen LogP contribution in [0.1, 0.15) is 26.3 Å². The van der Waals surface area contributed by atoms with Crippen molar-refractivity contribution in [2.45, 2.75) is 44.5 Å². The summed E-state index contributed by atoms with van der Waals surface area (Å²) in [6, 6.07) is 9.22. The lowest BCUT2D eigenvalue weighted by molar-refractivity contribution is -0.158. The number of benzene rings is 2. The van der Waals surface area contributed by atoms with Gasteiger partial charge in [-0.1, -0.05) is 19.9 Å². The van der Waals surface area contributed by atoms with Crippen molar-refractivity contribution in [1.82, 2.24) is 0 Å². The molecule has 3 N–H and O–H groups in total. The lowest BCUT2D eigenvalue weighted by atomic mass is 10.1. The van der Waals surface area contributed by atoms with Gasteiger partial charge in [-0.3, -0.25) is 9.52 Å². The van der Waals surface area contributed by atoms with Gasteiger partial charge in [-0.2, -0.15) is 8.78 Å². The van der Waals surface area contributed by atoms with Gasteiger partial charge in [0.2, 0.25) is 0 Å². The van der Waals surface area contributed by atoms with E-state index in [-0.39, 0.29) is 40.1 Å². The molecule has 2 aromatic carbocycles. The molecule has 2 aromatic rings. The fourth-order valence-electron chi connectivity index (χ4n) is 2.75. The molecule has 0 saturated heterocycles. The fraction of sp³-hybridized carbons (Fsp3) is 0.381. The van der Waals surface area contributed by atoms with Crippen molar-refractivity contribution in [1.29, 1.82) is 0 Å². The van der Waals surface area contributed by atoms with Gasteiger partial charge in [-0.15, -0.1) is 0 Å². The molecule has 0 heterocycles. The van der Waals surface area contributed by atoms with Crippen LogP contribution in [0.25, 0.3) is 0 Å². The van der Waals surface area contributed by atoms with Crippen molar-refractivity contribution < 1.29 is 36.6 Å². The monoisotopic (exact) mass is 472 g/mol. The van der Waals surface area contributed by atoms with Gasteiger partial charge < -0.3 is 19.9 Å². The third kappa shape index (κ3) is 7.14. The van der Waals surface area contributed by atoms with Crippen LogP contribution in [0.15, 0.2) is 47.4 Å². The molecule has 8 nitrogen and oxygen atoms in total. The minimum Gasteiger partial charge on any atom is -0.433 e. The summed E-state index contributed by atoms with van der Waals surface area (Å²) in [5, 5.41) is 12.4. The second-order valence-corrected chi connectivity index (χ2v) is 9.13. The lowest BCUT2D eigenvalue weighted by Gasteiger charge is -2.17. The Bertz CT molecular complexity index is 1050. The van der Waals surface area contributed by atoms with E-state index in [1.807, 2.05) is 0 Å². The van der Waals surface area contributed by atoms with E-state index in [1.54, 1.807) is 13.8 Å². The highest BCUT2D eigenvalue weighted by Crippen LogP contribution is 2.27. The van der Waals surface area contributed by atoms with Crippen LogP contribution < -0.4 is 14.8 Å². The van der Waals surface area contributed by atoms with Crippen LogP contribution in [0.3, 0.4) is 0 Å². The first kappa shape index (κ1) is 25.5. The maximum atomic E-state index is 13.1. The number of anilines is 2. The highest BCUT2D eigenvalue weighted by Gasteiger charge is 2.25. The molecule has 176 valence electrons. The molecule has 0 spiro atoms. The standard InChI is InChI=1S/C21H26F2N2O6S/c1-13(2)19(26)20(27)24-15-8-9-18(14(10-15)12-30-4)32(28,29)25-16-6-5-7-17(11-16)31-21(3,22)23/h5-11,13,19,25-26H,12H2,1-4H3,(H,24,27)/t19-/m0/s1. The molecular weight excluding hydrogens is 446 g/mol. The number of sulfonamides is 1. The van der Waals surface area contributed by atoms with Gasteiger partial charge in [0.25, 0.3) is 15.9 Å². The Balaban J connectivity index is 2.31. The van der Waals surface area contributed by atoms with Gasteiger partial charge in [0, 0.05) is 31.4 Å². The van der Waals surface area contributed by atoms with Gasteiger partial charge in [0.05, 0.1) is 17.2 Å². The largest absolute Gasteiger partial charge is 0.433 e. The van der Waals surface area contributed by atoms with Crippen molar-refractivity contribution in [3.63, 3.8) is 0 Å². The first-order chi connectivity index (χ1) is 14.8. The lowest BCUT2D eigenvalue weighted by Crippen LogP contribution is -2.32. The van der Waals surface area contributed by atoms with Gasteiger partial charge in [-0.05, 0) is 36.2 Å². The predicted molar refractivity (Wildman–Crippen MR) is 115 cm³/mol. The average molecular weight is 473 g/mol. The molecule has 0 aromatic heterocycles. The van der Waals surface area contributed by atoms with Crippen LogP contribution in [-0.2, 0) is 26.2 Å². The Hall–Kier alpha value is -2.76. The number of aliphatic hydroxyl groups is 1. The molecule has 0 radical (unpaired) electrons. The van der Waals surface area contributed by atoms with E-state index in [2.05, 4.69) is 14.8 Å². The number of rotatable bonds is 10. The van der Waals surface area contributed by atoms with Crippen molar-refractivity contribution in [3.8, 4) is 5.75 Å². The van der Waals surface area contributed by atoms with Crippen LogP contribution in [0.4, 0.5) is 20.2 Å². The summed E-state index contributed by atoms with van der Waals surface area (Å²) in [6.45, 7) is 3.85. The summed E-state index contributed by atoms with van der Waals surface area (Å²) in [6.07, 6.45) is -4.65. The summed E-state index contributed by atoms with van der Waals surface area (Å²) in [5.74, 6) is -1.14. The number of amides is 1. The Morgan fingerprint density at radius 2 is 1.84 bits per heavy atom. The summed E-state index contributed by atoms with van der Waals surface area (Å²) >= 11 is 0. The number of halogens is 2. The number of carbonyl (C=O) groups excluding carboxylic acids is 1. The number of ether oxygens (including phenoxy) is 2. The Morgan fingerprint density at radius 3 is 2.44 bits per heavy atom. The molecule has 1 amide bonds. The van der Waals surface area contributed by atoms with E-state index in [0.717, 1.165) is 6.07 Å². The molecule has 1 atom stereocenters. The third-order valence-electron chi connectivity index (χ3n) is 4.20. The second kappa shape index (κ2) is 10.2. The topological polar surface area (TPSA) is 114 Å². The maximum Gasteiger partial charge on any atom is 0.394 e.